The van der Waals surface area contributed by atoms with Crippen molar-refractivity contribution in [2.45, 2.75) is 6.92 Å². The van der Waals surface area contributed by atoms with Gasteiger partial charge in [0.25, 0.3) is 0 Å². The third-order valence-corrected chi connectivity index (χ3v) is 2.42. The molecule has 0 N–H and O–H groups in total. The topological polar surface area (TPSA) is 48.7 Å². The molecule has 0 aliphatic carbocycles. The Bertz CT molecular complexity index is 580. The van der Waals surface area contributed by atoms with E-state index in [0.29, 0.717) is 12.4 Å². The Hall–Kier alpha value is -2.23. The molecule has 0 amide bonds. The predicted molar refractivity (Wildman–Crippen MR) is 68.4 cm³/mol. The Labute approximate surface area is 105 Å². The molecule has 0 saturated heterocycles. The number of esters is 1. The van der Waals surface area contributed by atoms with E-state index in [9.17, 15) is 4.79 Å². The molecule has 2 aromatic rings. The largest absolute Gasteiger partial charge is 0.497 e. The molecule has 1 aromatic heterocycles. The maximum absolute atomic E-state index is 11.2. The Kier molecular flexibility index (Phi) is 3.67. The summed E-state index contributed by atoms with van der Waals surface area (Å²) in [4.78, 5) is 11.2. The van der Waals surface area contributed by atoms with Crippen LogP contribution in [-0.4, -0.2) is 19.7 Å². The highest BCUT2D eigenvalue weighted by Gasteiger charge is 2.03. The van der Waals surface area contributed by atoms with Crippen LogP contribution < -0.4 is 4.74 Å². The maximum atomic E-state index is 11.2. The average molecular weight is 246 g/mol. The second-order valence-corrected chi connectivity index (χ2v) is 3.64. The number of furan rings is 1. The Morgan fingerprint density at radius 1 is 1.39 bits per heavy atom. The van der Waals surface area contributed by atoms with E-state index in [2.05, 4.69) is 0 Å². The van der Waals surface area contributed by atoms with Gasteiger partial charge in [-0.05, 0) is 31.2 Å². The van der Waals surface area contributed by atoms with Crippen LogP contribution in [0.1, 0.15) is 12.7 Å². The van der Waals surface area contributed by atoms with E-state index in [1.54, 1.807) is 26.2 Å². The van der Waals surface area contributed by atoms with Gasteiger partial charge in [-0.25, -0.2) is 4.79 Å². The van der Waals surface area contributed by atoms with Crippen LogP contribution in [0.15, 0.2) is 34.8 Å². The van der Waals surface area contributed by atoms with Gasteiger partial charge in [-0.2, -0.15) is 0 Å². The van der Waals surface area contributed by atoms with E-state index in [4.69, 9.17) is 13.9 Å². The fourth-order valence-corrected chi connectivity index (χ4v) is 1.58. The molecule has 1 aromatic carbocycles. The number of hydrogen-bond acceptors (Lipinski definition) is 4. The first-order chi connectivity index (χ1) is 8.72. The summed E-state index contributed by atoms with van der Waals surface area (Å²) < 4.78 is 15.5. The lowest BCUT2D eigenvalue weighted by Crippen LogP contribution is -1.98. The van der Waals surface area contributed by atoms with E-state index in [0.717, 1.165) is 16.7 Å². The number of carbonyl (C=O) groups excluding carboxylic acids is 1. The van der Waals surface area contributed by atoms with Crippen LogP contribution in [-0.2, 0) is 9.53 Å². The van der Waals surface area contributed by atoms with Gasteiger partial charge in [-0.1, -0.05) is 0 Å². The molecule has 1 heterocycles. The highest BCUT2D eigenvalue weighted by molar-refractivity contribution is 5.88. The number of ether oxygens (including phenoxy) is 2. The summed E-state index contributed by atoms with van der Waals surface area (Å²) in [5.41, 5.74) is 0.720. The third kappa shape index (κ3) is 2.71. The summed E-state index contributed by atoms with van der Waals surface area (Å²) in [7, 11) is 1.60. The summed E-state index contributed by atoms with van der Waals surface area (Å²) in [6.07, 6.45) is 2.93. The molecule has 18 heavy (non-hydrogen) atoms. The quantitative estimate of drug-likeness (QED) is 0.614. The standard InChI is InChI=1S/C14H14O4/c1-3-17-14(15)7-6-12-8-10-4-5-11(16-2)9-13(10)18-12/h4-9H,3H2,1-2H3. The molecule has 0 spiro atoms. The third-order valence-electron chi connectivity index (χ3n) is 2.42. The van der Waals surface area contributed by atoms with Crippen LogP contribution in [0, 0.1) is 0 Å². The molecule has 0 unspecified atom stereocenters. The molecule has 0 aliphatic rings. The molecule has 0 radical (unpaired) electrons. The van der Waals surface area contributed by atoms with Gasteiger partial charge >= 0.3 is 5.97 Å². The molecule has 4 nitrogen and oxygen atoms in total. The predicted octanol–water partition coefficient (Wildman–Crippen LogP) is 3.02. The Morgan fingerprint density at radius 2 is 2.22 bits per heavy atom. The van der Waals surface area contributed by atoms with E-state index in [1.165, 1.54) is 6.08 Å². The van der Waals surface area contributed by atoms with Crippen molar-refractivity contribution in [3.05, 3.63) is 36.1 Å². The van der Waals surface area contributed by atoms with Crippen molar-refractivity contribution in [1.82, 2.24) is 0 Å². The summed E-state index contributed by atoms with van der Waals surface area (Å²) >= 11 is 0. The smallest absolute Gasteiger partial charge is 0.330 e. The van der Waals surface area contributed by atoms with Crippen molar-refractivity contribution in [3.63, 3.8) is 0 Å². The molecule has 94 valence electrons. The highest BCUT2D eigenvalue weighted by Crippen LogP contribution is 2.24. The SMILES string of the molecule is CCOC(=O)C=Cc1cc2ccc(OC)cc2o1. The van der Waals surface area contributed by atoms with E-state index in [-0.39, 0.29) is 5.97 Å². The van der Waals surface area contributed by atoms with Gasteiger partial charge in [0.2, 0.25) is 0 Å². The number of benzene rings is 1. The second-order valence-electron chi connectivity index (χ2n) is 3.64. The lowest BCUT2D eigenvalue weighted by atomic mass is 10.2. The molecule has 0 fully saturated rings. The number of rotatable bonds is 4. The molecule has 0 saturated carbocycles. The summed E-state index contributed by atoms with van der Waals surface area (Å²) in [6.45, 7) is 2.12. The van der Waals surface area contributed by atoms with Gasteiger partial charge in [-0.15, -0.1) is 0 Å². The van der Waals surface area contributed by atoms with E-state index in [1.807, 2.05) is 18.2 Å². The van der Waals surface area contributed by atoms with Gasteiger partial charge in [0, 0.05) is 17.5 Å². The molecule has 0 bridgehead atoms. The highest BCUT2D eigenvalue weighted by atomic mass is 16.5. The van der Waals surface area contributed by atoms with Crippen LogP contribution in [0.4, 0.5) is 0 Å². The number of methoxy groups -OCH3 is 1. The minimum absolute atomic E-state index is 0.362. The normalized spacial score (nSPS) is 11.0. The molecule has 4 heteroatoms. The minimum atomic E-state index is -0.379. The van der Waals surface area contributed by atoms with Crippen molar-refractivity contribution in [3.8, 4) is 5.75 Å². The van der Waals surface area contributed by atoms with Crippen LogP contribution >= 0.6 is 0 Å². The number of fused-ring (bicyclic) bond motifs is 1. The monoisotopic (exact) mass is 246 g/mol. The van der Waals surface area contributed by atoms with Crippen LogP contribution in [0.5, 0.6) is 5.75 Å². The van der Waals surface area contributed by atoms with Gasteiger partial charge in [0.05, 0.1) is 13.7 Å². The lowest BCUT2D eigenvalue weighted by molar-refractivity contribution is -0.137. The van der Waals surface area contributed by atoms with Crippen LogP contribution in [0.2, 0.25) is 0 Å². The van der Waals surface area contributed by atoms with E-state index < -0.39 is 0 Å². The van der Waals surface area contributed by atoms with Gasteiger partial charge in [0.15, 0.2) is 0 Å². The zero-order valence-electron chi connectivity index (χ0n) is 10.3. The summed E-state index contributed by atoms with van der Waals surface area (Å²) in [5.74, 6) is 0.958. The molecular weight excluding hydrogens is 232 g/mol. The maximum Gasteiger partial charge on any atom is 0.330 e. The molecular formula is C14H14O4. The summed E-state index contributed by atoms with van der Waals surface area (Å²) in [6, 6.07) is 7.41. The fraction of sp³-hybridized carbons (Fsp3) is 0.214. The number of carbonyl (C=O) groups is 1. The first-order valence-electron chi connectivity index (χ1n) is 5.65. The van der Waals surface area contributed by atoms with Gasteiger partial charge in [0.1, 0.15) is 17.1 Å². The van der Waals surface area contributed by atoms with Gasteiger partial charge < -0.3 is 13.9 Å². The lowest BCUT2D eigenvalue weighted by Gasteiger charge is -1.96. The second kappa shape index (κ2) is 5.40. The average Bonchev–Trinajstić information content (AvgIpc) is 2.78. The van der Waals surface area contributed by atoms with Crippen LogP contribution in [0.25, 0.3) is 17.0 Å². The van der Waals surface area contributed by atoms with Crippen molar-refractivity contribution in [2.24, 2.45) is 0 Å². The molecule has 0 atom stereocenters. The zero-order valence-corrected chi connectivity index (χ0v) is 10.3. The number of hydrogen-bond donors (Lipinski definition) is 0. The van der Waals surface area contributed by atoms with Crippen molar-refractivity contribution in [1.29, 1.82) is 0 Å². The summed E-state index contributed by atoms with van der Waals surface area (Å²) in [5, 5.41) is 0.958. The molecule has 0 aliphatic heterocycles. The van der Waals surface area contributed by atoms with Crippen LogP contribution in [0.3, 0.4) is 0 Å². The van der Waals surface area contributed by atoms with Gasteiger partial charge in [-0.3, -0.25) is 0 Å². The first kappa shape index (κ1) is 12.2. The van der Waals surface area contributed by atoms with E-state index >= 15 is 0 Å². The molecule has 2 rings (SSSR count). The minimum Gasteiger partial charge on any atom is -0.497 e. The first-order valence-corrected chi connectivity index (χ1v) is 5.65. The fourth-order valence-electron chi connectivity index (χ4n) is 1.58. The van der Waals surface area contributed by atoms with Crippen molar-refractivity contribution >= 4 is 23.0 Å². The Balaban J connectivity index is 2.22. The Morgan fingerprint density at radius 3 is 2.94 bits per heavy atom. The van der Waals surface area contributed by atoms with Crippen molar-refractivity contribution < 1.29 is 18.7 Å². The van der Waals surface area contributed by atoms with Crippen molar-refractivity contribution in [2.75, 3.05) is 13.7 Å². The zero-order chi connectivity index (χ0) is 13.0.